The molecule has 0 radical (unpaired) electrons. The topological polar surface area (TPSA) is 55.4 Å². The van der Waals surface area contributed by atoms with E-state index in [-0.39, 0.29) is 11.4 Å². The molecule has 2 rings (SSSR count). The molecule has 5 heteroatoms. The second-order valence-electron chi connectivity index (χ2n) is 4.95. The first-order valence-electron chi connectivity index (χ1n) is 7.38. The largest absolute Gasteiger partial charge is 0.492 e. The van der Waals surface area contributed by atoms with Crippen molar-refractivity contribution in [2.45, 2.75) is 24.7 Å². The molecule has 118 valence electrons. The molecule has 0 unspecified atom stereocenters. The molecule has 0 aromatic heterocycles. The van der Waals surface area contributed by atoms with Crippen LogP contribution < -0.4 is 9.46 Å². The summed E-state index contributed by atoms with van der Waals surface area (Å²) in [7, 11) is -3.46. The van der Waals surface area contributed by atoms with Gasteiger partial charge < -0.3 is 4.74 Å². The van der Waals surface area contributed by atoms with Crippen LogP contribution in [0.4, 0.5) is 0 Å². The number of hydrogen-bond donors (Lipinski definition) is 1. The number of aryl methyl sites for hydroxylation is 1. The van der Waals surface area contributed by atoms with E-state index < -0.39 is 10.0 Å². The Bertz CT molecular complexity index is 667. The van der Waals surface area contributed by atoms with Gasteiger partial charge in [-0.2, -0.15) is 0 Å². The highest BCUT2D eigenvalue weighted by atomic mass is 32.2. The molecule has 0 bridgehead atoms. The van der Waals surface area contributed by atoms with Crippen LogP contribution >= 0.6 is 0 Å². The van der Waals surface area contributed by atoms with E-state index in [1.807, 2.05) is 24.3 Å². The minimum atomic E-state index is -3.46. The highest BCUT2D eigenvalue weighted by molar-refractivity contribution is 7.89. The van der Waals surface area contributed by atoms with Crippen molar-refractivity contribution in [3.8, 4) is 5.75 Å². The standard InChI is InChI=1S/C17H21NO3S/c1-2-6-15-9-11-16(12-10-15)21-14-13-18-22(19,20)17-7-4-3-5-8-17/h3-5,7-12,18H,2,6,13-14H2,1H3. The zero-order chi connectivity index (χ0) is 15.8. The lowest BCUT2D eigenvalue weighted by Crippen LogP contribution is -2.28. The van der Waals surface area contributed by atoms with Crippen LogP contribution in [0.3, 0.4) is 0 Å². The molecule has 0 saturated heterocycles. The number of hydrogen-bond acceptors (Lipinski definition) is 3. The SMILES string of the molecule is CCCc1ccc(OCCNS(=O)(=O)c2ccccc2)cc1. The van der Waals surface area contributed by atoms with Crippen LogP contribution in [0.2, 0.25) is 0 Å². The van der Waals surface area contributed by atoms with Crippen LogP contribution in [0.5, 0.6) is 5.75 Å². The summed E-state index contributed by atoms with van der Waals surface area (Å²) in [6, 6.07) is 16.2. The van der Waals surface area contributed by atoms with Crippen molar-refractivity contribution in [1.29, 1.82) is 0 Å². The van der Waals surface area contributed by atoms with Crippen LogP contribution in [0.15, 0.2) is 59.5 Å². The van der Waals surface area contributed by atoms with E-state index in [0.717, 1.165) is 18.6 Å². The molecular weight excluding hydrogens is 298 g/mol. The Morgan fingerprint density at radius 2 is 1.68 bits per heavy atom. The van der Waals surface area contributed by atoms with Crippen molar-refractivity contribution in [2.75, 3.05) is 13.2 Å². The molecule has 0 spiro atoms. The van der Waals surface area contributed by atoms with E-state index in [1.54, 1.807) is 30.3 Å². The Hall–Kier alpha value is -1.85. The predicted octanol–water partition coefficient (Wildman–Crippen LogP) is 3.00. The van der Waals surface area contributed by atoms with Gasteiger partial charge in [0, 0.05) is 6.54 Å². The van der Waals surface area contributed by atoms with Gasteiger partial charge >= 0.3 is 0 Å². The molecule has 0 heterocycles. The molecule has 0 aliphatic heterocycles. The molecule has 22 heavy (non-hydrogen) atoms. The number of nitrogens with one attached hydrogen (secondary N) is 1. The van der Waals surface area contributed by atoms with E-state index in [9.17, 15) is 8.42 Å². The van der Waals surface area contributed by atoms with Gasteiger partial charge in [0.2, 0.25) is 10.0 Å². The normalized spacial score (nSPS) is 11.3. The first kappa shape index (κ1) is 16.5. The van der Waals surface area contributed by atoms with Crippen molar-refractivity contribution in [3.05, 3.63) is 60.2 Å². The third-order valence-electron chi connectivity index (χ3n) is 3.18. The molecule has 2 aromatic rings. The zero-order valence-electron chi connectivity index (χ0n) is 12.7. The van der Waals surface area contributed by atoms with E-state index in [2.05, 4.69) is 11.6 Å². The van der Waals surface area contributed by atoms with Gasteiger partial charge in [0.15, 0.2) is 0 Å². The lowest BCUT2D eigenvalue weighted by Gasteiger charge is -2.09. The number of rotatable bonds is 8. The summed E-state index contributed by atoms with van der Waals surface area (Å²) in [5.41, 5.74) is 1.28. The fourth-order valence-electron chi connectivity index (χ4n) is 2.07. The summed E-state index contributed by atoms with van der Waals surface area (Å²) in [6.07, 6.45) is 2.17. The molecule has 0 aliphatic rings. The maximum Gasteiger partial charge on any atom is 0.240 e. The van der Waals surface area contributed by atoms with Crippen molar-refractivity contribution < 1.29 is 13.2 Å². The second kappa shape index (κ2) is 7.96. The fraction of sp³-hybridized carbons (Fsp3) is 0.294. The summed E-state index contributed by atoms with van der Waals surface area (Å²) in [6.45, 7) is 2.66. The van der Waals surface area contributed by atoms with Crippen molar-refractivity contribution in [1.82, 2.24) is 4.72 Å². The smallest absolute Gasteiger partial charge is 0.240 e. The van der Waals surface area contributed by atoms with Crippen molar-refractivity contribution in [2.24, 2.45) is 0 Å². The van der Waals surface area contributed by atoms with Crippen molar-refractivity contribution >= 4 is 10.0 Å². The van der Waals surface area contributed by atoms with E-state index in [1.165, 1.54) is 5.56 Å². The summed E-state index contributed by atoms with van der Waals surface area (Å²) in [5, 5.41) is 0. The molecule has 4 nitrogen and oxygen atoms in total. The van der Waals surface area contributed by atoms with Gasteiger partial charge in [-0.15, -0.1) is 0 Å². The lowest BCUT2D eigenvalue weighted by atomic mass is 10.1. The molecule has 0 atom stereocenters. The Balaban J connectivity index is 1.79. The molecule has 0 amide bonds. The van der Waals surface area contributed by atoms with Crippen molar-refractivity contribution in [3.63, 3.8) is 0 Å². The van der Waals surface area contributed by atoms with Crippen LogP contribution in [0.1, 0.15) is 18.9 Å². The quantitative estimate of drug-likeness (QED) is 0.761. The summed E-state index contributed by atoms with van der Waals surface area (Å²) < 4.78 is 32.1. The third kappa shape index (κ3) is 4.86. The number of sulfonamides is 1. The van der Waals surface area contributed by atoms with E-state index in [0.29, 0.717) is 6.61 Å². The van der Waals surface area contributed by atoms with E-state index in [4.69, 9.17) is 4.74 Å². The monoisotopic (exact) mass is 319 g/mol. The molecule has 0 saturated carbocycles. The lowest BCUT2D eigenvalue weighted by molar-refractivity contribution is 0.322. The van der Waals surface area contributed by atoms with Crippen LogP contribution in [-0.2, 0) is 16.4 Å². The predicted molar refractivity (Wildman–Crippen MR) is 87.6 cm³/mol. The van der Waals surface area contributed by atoms with Gasteiger partial charge in [-0.3, -0.25) is 0 Å². The average Bonchev–Trinajstić information content (AvgIpc) is 2.54. The van der Waals surface area contributed by atoms with Crippen LogP contribution in [0, 0.1) is 0 Å². The fourth-order valence-corrected chi connectivity index (χ4v) is 3.10. The average molecular weight is 319 g/mol. The highest BCUT2D eigenvalue weighted by Gasteiger charge is 2.12. The van der Waals surface area contributed by atoms with Gasteiger partial charge in [-0.25, -0.2) is 13.1 Å². The zero-order valence-corrected chi connectivity index (χ0v) is 13.5. The van der Waals surface area contributed by atoms with Crippen LogP contribution in [0.25, 0.3) is 0 Å². The maximum absolute atomic E-state index is 12.0. The summed E-state index contributed by atoms with van der Waals surface area (Å²) in [5.74, 6) is 0.749. The molecule has 1 N–H and O–H groups in total. The Morgan fingerprint density at radius 1 is 1.00 bits per heavy atom. The first-order valence-corrected chi connectivity index (χ1v) is 8.86. The molecule has 0 fully saturated rings. The van der Waals surface area contributed by atoms with Gasteiger partial charge in [0.25, 0.3) is 0 Å². The van der Waals surface area contributed by atoms with Crippen LogP contribution in [-0.4, -0.2) is 21.6 Å². The second-order valence-corrected chi connectivity index (χ2v) is 6.72. The maximum atomic E-state index is 12.0. The molecule has 2 aromatic carbocycles. The first-order chi connectivity index (χ1) is 10.6. The summed E-state index contributed by atoms with van der Waals surface area (Å²) >= 11 is 0. The minimum Gasteiger partial charge on any atom is -0.492 e. The van der Waals surface area contributed by atoms with Gasteiger partial charge in [0.1, 0.15) is 12.4 Å². The number of benzene rings is 2. The Morgan fingerprint density at radius 3 is 2.32 bits per heavy atom. The summed E-state index contributed by atoms with van der Waals surface area (Å²) in [4.78, 5) is 0.263. The number of ether oxygens (including phenoxy) is 1. The molecular formula is C17H21NO3S. The Kier molecular flexibility index (Phi) is 5.98. The van der Waals surface area contributed by atoms with Gasteiger partial charge in [0.05, 0.1) is 4.90 Å². The highest BCUT2D eigenvalue weighted by Crippen LogP contribution is 2.13. The van der Waals surface area contributed by atoms with Gasteiger partial charge in [-0.05, 0) is 36.2 Å². The molecule has 0 aliphatic carbocycles. The third-order valence-corrected chi connectivity index (χ3v) is 4.66. The van der Waals surface area contributed by atoms with E-state index >= 15 is 0 Å². The van der Waals surface area contributed by atoms with Gasteiger partial charge in [-0.1, -0.05) is 43.7 Å². The Labute approximate surface area is 132 Å². The minimum absolute atomic E-state index is 0.230.